The molecule has 0 aliphatic rings. The molecule has 0 atom stereocenters. The molecule has 7 nitrogen and oxygen atoms in total. The Labute approximate surface area is 141 Å². The molecule has 10 heteroatoms. The summed E-state index contributed by atoms with van der Waals surface area (Å²) in [7, 11) is -3.66. The molecule has 0 spiro atoms. The minimum atomic E-state index is -3.66. The zero-order valence-electron chi connectivity index (χ0n) is 11.8. The maximum Gasteiger partial charge on any atom is 0.271 e. The van der Waals surface area contributed by atoms with Crippen LogP contribution in [0.3, 0.4) is 0 Å². The lowest BCUT2D eigenvalue weighted by Crippen LogP contribution is -2.11. The van der Waals surface area contributed by atoms with E-state index in [9.17, 15) is 8.42 Å². The van der Waals surface area contributed by atoms with E-state index in [4.69, 9.17) is 16.1 Å². The predicted molar refractivity (Wildman–Crippen MR) is 88.9 cm³/mol. The number of anilines is 3. The molecule has 23 heavy (non-hydrogen) atoms. The van der Waals surface area contributed by atoms with Gasteiger partial charge in [0.25, 0.3) is 10.0 Å². The van der Waals surface area contributed by atoms with Crippen LogP contribution in [-0.2, 0) is 10.0 Å². The Kier molecular flexibility index (Phi) is 4.24. The van der Waals surface area contributed by atoms with Crippen LogP contribution in [-0.4, -0.2) is 18.6 Å². The fourth-order valence-corrected chi connectivity index (χ4v) is 4.26. The second-order valence-corrected chi connectivity index (χ2v) is 8.17. The van der Waals surface area contributed by atoms with Gasteiger partial charge in [-0.1, -0.05) is 16.8 Å². The van der Waals surface area contributed by atoms with Crippen LogP contribution in [0.15, 0.2) is 45.3 Å². The van der Waals surface area contributed by atoms with E-state index in [1.165, 1.54) is 18.3 Å². The Bertz CT molecular complexity index is 919. The maximum atomic E-state index is 12.2. The van der Waals surface area contributed by atoms with Crippen LogP contribution in [0.4, 0.5) is 17.3 Å². The highest BCUT2D eigenvalue weighted by Crippen LogP contribution is 2.27. The molecule has 0 radical (unpaired) electrons. The number of pyridine rings is 1. The summed E-state index contributed by atoms with van der Waals surface area (Å²) in [5.74, 6) is 1.71. The summed E-state index contributed by atoms with van der Waals surface area (Å²) in [5, 5.41) is 6.73. The molecule has 0 aliphatic heterocycles. The smallest absolute Gasteiger partial charge is 0.271 e. The van der Waals surface area contributed by atoms with Crippen LogP contribution >= 0.6 is 22.9 Å². The van der Waals surface area contributed by atoms with Gasteiger partial charge < -0.3 is 9.84 Å². The highest BCUT2D eigenvalue weighted by atomic mass is 35.5. The summed E-state index contributed by atoms with van der Waals surface area (Å²) in [6, 6.07) is 7.93. The van der Waals surface area contributed by atoms with Gasteiger partial charge in [0.15, 0.2) is 5.82 Å². The summed E-state index contributed by atoms with van der Waals surface area (Å²) in [4.78, 5) is 4.12. The van der Waals surface area contributed by atoms with Gasteiger partial charge in [0.1, 0.15) is 15.8 Å². The first-order valence-electron chi connectivity index (χ1n) is 6.37. The lowest BCUT2D eigenvalue weighted by atomic mass is 10.4. The van der Waals surface area contributed by atoms with Crippen molar-refractivity contribution in [2.75, 3.05) is 10.0 Å². The molecule has 0 aliphatic carbocycles. The quantitative estimate of drug-likeness (QED) is 0.711. The molecule has 0 unspecified atom stereocenters. The van der Waals surface area contributed by atoms with E-state index >= 15 is 0 Å². The molecular weight excluding hydrogens is 360 g/mol. The molecule has 3 heterocycles. The van der Waals surface area contributed by atoms with E-state index in [-0.39, 0.29) is 4.21 Å². The molecular formula is C13H11ClN4O3S2. The van der Waals surface area contributed by atoms with Crippen molar-refractivity contribution in [3.8, 4) is 0 Å². The number of halogens is 1. The van der Waals surface area contributed by atoms with Crippen molar-refractivity contribution >= 4 is 50.3 Å². The van der Waals surface area contributed by atoms with Gasteiger partial charge >= 0.3 is 0 Å². The van der Waals surface area contributed by atoms with Gasteiger partial charge in [0.05, 0.1) is 16.2 Å². The topological polar surface area (TPSA) is 97.1 Å². The standard InChI is InChI=1S/C13H11ClN4O3S2/c1-8-6-12(17-21-8)16-11-4-2-9(7-15-11)18-23(19,20)13-5-3-10(14)22-13/h2-7,18H,1H3,(H,15,16,17). The number of nitrogens with zero attached hydrogens (tertiary/aromatic N) is 2. The van der Waals surface area contributed by atoms with Crippen LogP contribution < -0.4 is 10.0 Å². The number of thiophene rings is 1. The molecule has 2 N–H and O–H groups in total. The van der Waals surface area contributed by atoms with E-state index in [2.05, 4.69) is 20.2 Å². The third kappa shape index (κ3) is 3.81. The Hall–Kier alpha value is -2.10. The summed E-state index contributed by atoms with van der Waals surface area (Å²) in [5.41, 5.74) is 0.344. The largest absolute Gasteiger partial charge is 0.360 e. The SMILES string of the molecule is Cc1cc(Nc2ccc(NS(=O)(=O)c3ccc(Cl)s3)cn2)no1. The minimum Gasteiger partial charge on any atom is -0.360 e. The predicted octanol–water partition coefficient (Wildman–Crippen LogP) is 3.64. The monoisotopic (exact) mass is 370 g/mol. The zero-order valence-corrected chi connectivity index (χ0v) is 14.2. The number of aryl methyl sites for hydroxylation is 1. The van der Waals surface area contributed by atoms with Gasteiger partial charge in [-0.05, 0) is 31.2 Å². The van der Waals surface area contributed by atoms with Crippen molar-refractivity contribution in [3.05, 3.63) is 46.6 Å². The molecule has 0 amide bonds. The van der Waals surface area contributed by atoms with Crippen molar-refractivity contribution < 1.29 is 12.9 Å². The first-order valence-corrected chi connectivity index (χ1v) is 9.05. The molecule has 3 aromatic heterocycles. The average Bonchev–Trinajstić information content (AvgIpc) is 3.10. The zero-order chi connectivity index (χ0) is 16.4. The number of hydrogen-bond acceptors (Lipinski definition) is 7. The van der Waals surface area contributed by atoms with Gasteiger partial charge in [-0.2, -0.15) is 0 Å². The van der Waals surface area contributed by atoms with Crippen LogP contribution in [0.2, 0.25) is 4.34 Å². The summed E-state index contributed by atoms with van der Waals surface area (Å²) < 4.78 is 32.3. The third-order valence-corrected chi connectivity index (χ3v) is 5.82. The number of sulfonamides is 1. The van der Waals surface area contributed by atoms with Crippen molar-refractivity contribution in [1.29, 1.82) is 0 Å². The van der Waals surface area contributed by atoms with Gasteiger partial charge in [-0.15, -0.1) is 11.3 Å². The molecule has 0 fully saturated rings. The van der Waals surface area contributed by atoms with Crippen LogP contribution in [0.5, 0.6) is 0 Å². The second kappa shape index (κ2) is 6.19. The molecule has 0 aromatic carbocycles. The van der Waals surface area contributed by atoms with Crippen molar-refractivity contribution in [3.63, 3.8) is 0 Å². The lowest BCUT2D eigenvalue weighted by molar-refractivity contribution is 0.400. The highest BCUT2D eigenvalue weighted by molar-refractivity contribution is 7.94. The maximum absolute atomic E-state index is 12.2. The van der Waals surface area contributed by atoms with Gasteiger partial charge in [0, 0.05) is 6.07 Å². The van der Waals surface area contributed by atoms with Crippen LogP contribution in [0.25, 0.3) is 0 Å². The van der Waals surface area contributed by atoms with Crippen molar-refractivity contribution in [1.82, 2.24) is 10.1 Å². The fourth-order valence-electron chi connectivity index (χ4n) is 1.73. The molecule has 0 bridgehead atoms. The van der Waals surface area contributed by atoms with E-state index in [0.29, 0.717) is 27.4 Å². The summed E-state index contributed by atoms with van der Waals surface area (Å²) in [6.07, 6.45) is 1.40. The van der Waals surface area contributed by atoms with E-state index < -0.39 is 10.0 Å². The van der Waals surface area contributed by atoms with Gasteiger partial charge in [-0.3, -0.25) is 4.72 Å². The van der Waals surface area contributed by atoms with E-state index in [0.717, 1.165) is 11.3 Å². The van der Waals surface area contributed by atoms with Crippen LogP contribution in [0.1, 0.15) is 5.76 Å². The molecule has 3 rings (SSSR count). The Morgan fingerprint density at radius 1 is 1.22 bits per heavy atom. The molecule has 120 valence electrons. The van der Waals surface area contributed by atoms with Crippen molar-refractivity contribution in [2.24, 2.45) is 0 Å². The van der Waals surface area contributed by atoms with Gasteiger partial charge in [-0.25, -0.2) is 13.4 Å². The average molecular weight is 371 g/mol. The lowest BCUT2D eigenvalue weighted by Gasteiger charge is -2.07. The Morgan fingerprint density at radius 3 is 2.61 bits per heavy atom. The van der Waals surface area contributed by atoms with Gasteiger partial charge in [0.2, 0.25) is 0 Å². The van der Waals surface area contributed by atoms with Crippen molar-refractivity contribution in [2.45, 2.75) is 11.1 Å². The molecule has 0 saturated carbocycles. The second-order valence-electron chi connectivity index (χ2n) is 4.54. The van der Waals surface area contributed by atoms with Crippen LogP contribution in [0, 0.1) is 6.92 Å². The first-order chi connectivity index (χ1) is 10.9. The Morgan fingerprint density at radius 2 is 2.04 bits per heavy atom. The minimum absolute atomic E-state index is 0.141. The summed E-state index contributed by atoms with van der Waals surface area (Å²) in [6.45, 7) is 1.78. The molecule has 0 saturated heterocycles. The van der Waals surface area contributed by atoms with E-state index in [1.807, 2.05) is 0 Å². The fraction of sp³-hybridized carbons (Fsp3) is 0.0769. The third-order valence-electron chi connectivity index (χ3n) is 2.71. The molecule has 3 aromatic rings. The number of rotatable bonds is 5. The number of aromatic nitrogens is 2. The number of nitrogens with one attached hydrogen (secondary N) is 2. The Balaban J connectivity index is 1.72. The highest BCUT2D eigenvalue weighted by Gasteiger charge is 2.16. The summed E-state index contributed by atoms with van der Waals surface area (Å²) >= 11 is 6.75. The number of hydrogen-bond donors (Lipinski definition) is 2. The first kappa shape index (κ1) is 15.8. The normalized spacial score (nSPS) is 11.4. The van der Waals surface area contributed by atoms with E-state index in [1.54, 1.807) is 25.1 Å².